The first kappa shape index (κ1) is 9.13. The van der Waals surface area contributed by atoms with Gasteiger partial charge >= 0.3 is 0 Å². The summed E-state index contributed by atoms with van der Waals surface area (Å²) in [6, 6.07) is 0. The molecule has 1 aliphatic rings. The molecule has 0 aromatic rings. The molecule has 2 unspecified atom stereocenters. The van der Waals surface area contributed by atoms with Crippen LogP contribution in [0.4, 0.5) is 0 Å². The normalized spacial score (nSPS) is 32.4. The van der Waals surface area contributed by atoms with Crippen molar-refractivity contribution in [2.45, 2.75) is 43.4 Å². The monoisotopic (exact) mass is 214 g/mol. The maximum atomic E-state index is 5.29. The molecule has 0 aliphatic heterocycles. The third-order valence-electron chi connectivity index (χ3n) is 2.38. The van der Waals surface area contributed by atoms with Gasteiger partial charge in [0.05, 0.1) is 0 Å². The van der Waals surface area contributed by atoms with Gasteiger partial charge in [-0.1, -0.05) is 28.8 Å². The van der Waals surface area contributed by atoms with E-state index in [1.165, 1.54) is 32.1 Å². The van der Waals surface area contributed by atoms with E-state index in [1.54, 1.807) is 0 Å². The number of halogens is 1. The van der Waals surface area contributed by atoms with E-state index in [0.29, 0.717) is 0 Å². The number of hydrogen-bond acceptors (Lipinski definition) is 0. The lowest BCUT2D eigenvalue weighted by atomic mass is 9.97. The molecule has 0 radical (unpaired) electrons. The molecule has 0 nitrogen and oxygen atoms in total. The van der Waals surface area contributed by atoms with Crippen LogP contribution in [0.5, 0.6) is 0 Å². The Kier molecular flexibility index (Phi) is 4.01. The van der Waals surface area contributed by atoms with E-state index in [1.807, 2.05) is 0 Å². The van der Waals surface area contributed by atoms with Crippen LogP contribution in [-0.2, 0) is 0 Å². The second-order valence-corrected chi connectivity index (χ2v) is 4.69. The Balaban J connectivity index is 2.34. The van der Waals surface area contributed by atoms with Crippen molar-refractivity contribution in [2.75, 3.05) is 0 Å². The molecule has 62 valence electrons. The van der Waals surface area contributed by atoms with Gasteiger partial charge in [0.2, 0.25) is 0 Å². The van der Waals surface area contributed by atoms with Gasteiger partial charge in [0.1, 0.15) is 0 Å². The standard InChI is InChI=1S/C10H15Br/c1-2-5-9-6-3-4-7-10(11)8-9/h1,9-10H,3-8H2. The Hall–Kier alpha value is 0.0400. The molecule has 1 aliphatic carbocycles. The Morgan fingerprint density at radius 1 is 1.36 bits per heavy atom. The minimum atomic E-state index is 0.725. The molecule has 11 heavy (non-hydrogen) atoms. The highest BCUT2D eigenvalue weighted by molar-refractivity contribution is 9.09. The lowest BCUT2D eigenvalue weighted by Gasteiger charge is -2.12. The van der Waals surface area contributed by atoms with Gasteiger partial charge in [0.25, 0.3) is 0 Å². The average Bonchev–Trinajstić information content (AvgIpc) is 2.15. The van der Waals surface area contributed by atoms with Crippen molar-refractivity contribution in [3.8, 4) is 12.3 Å². The third-order valence-corrected chi connectivity index (χ3v) is 3.21. The molecule has 1 fully saturated rings. The zero-order chi connectivity index (χ0) is 8.10. The van der Waals surface area contributed by atoms with Crippen LogP contribution in [0.25, 0.3) is 0 Å². The molecule has 0 saturated heterocycles. The van der Waals surface area contributed by atoms with Crippen molar-refractivity contribution in [1.29, 1.82) is 0 Å². The fourth-order valence-electron chi connectivity index (χ4n) is 1.75. The number of rotatable bonds is 1. The van der Waals surface area contributed by atoms with Gasteiger partial charge in [-0.2, -0.15) is 0 Å². The lowest BCUT2D eigenvalue weighted by Crippen LogP contribution is -2.03. The molecular weight excluding hydrogens is 200 g/mol. The fraction of sp³-hybridized carbons (Fsp3) is 0.800. The van der Waals surface area contributed by atoms with Crippen LogP contribution in [0.3, 0.4) is 0 Å². The Morgan fingerprint density at radius 3 is 2.82 bits per heavy atom. The number of terminal acetylenes is 1. The van der Waals surface area contributed by atoms with Crippen molar-refractivity contribution in [1.82, 2.24) is 0 Å². The molecule has 0 bridgehead atoms. The van der Waals surface area contributed by atoms with E-state index in [0.717, 1.165) is 17.2 Å². The first-order valence-electron chi connectivity index (χ1n) is 4.40. The van der Waals surface area contributed by atoms with Crippen molar-refractivity contribution in [3.05, 3.63) is 0 Å². The molecule has 0 N–H and O–H groups in total. The topological polar surface area (TPSA) is 0 Å². The van der Waals surface area contributed by atoms with Crippen LogP contribution in [0.1, 0.15) is 38.5 Å². The Morgan fingerprint density at radius 2 is 2.09 bits per heavy atom. The van der Waals surface area contributed by atoms with Gasteiger partial charge in [-0.15, -0.1) is 12.3 Å². The average molecular weight is 215 g/mol. The highest BCUT2D eigenvalue weighted by atomic mass is 79.9. The van der Waals surface area contributed by atoms with Crippen LogP contribution >= 0.6 is 15.9 Å². The summed E-state index contributed by atoms with van der Waals surface area (Å²) in [7, 11) is 0. The number of hydrogen-bond donors (Lipinski definition) is 0. The molecule has 0 aromatic heterocycles. The van der Waals surface area contributed by atoms with Crippen LogP contribution in [0.2, 0.25) is 0 Å². The van der Waals surface area contributed by atoms with Crippen molar-refractivity contribution < 1.29 is 0 Å². The lowest BCUT2D eigenvalue weighted by molar-refractivity contribution is 0.478. The summed E-state index contributed by atoms with van der Waals surface area (Å²) in [4.78, 5) is 0.725. The second-order valence-electron chi connectivity index (χ2n) is 3.39. The van der Waals surface area contributed by atoms with E-state index < -0.39 is 0 Å². The van der Waals surface area contributed by atoms with E-state index in [9.17, 15) is 0 Å². The van der Waals surface area contributed by atoms with Gasteiger partial charge in [-0.25, -0.2) is 0 Å². The van der Waals surface area contributed by atoms with E-state index >= 15 is 0 Å². The maximum Gasteiger partial charge on any atom is 0.0148 e. The Bertz CT molecular complexity index is 145. The zero-order valence-electron chi connectivity index (χ0n) is 6.85. The fourth-order valence-corrected chi connectivity index (χ4v) is 2.60. The number of alkyl halides is 1. The summed E-state index contributed by atoms with van der Waals surface area (Å²) in [5.74, 6) is 3.55. The van der Waals surface area contributed by atoms with Crippen LogP contribution in [-0.4, -0.2) is 4.83 Å². The highest BCUT2D eigenvalue weighted by Crippen LogP contribution is 2.29. The predicted molar refractivity (Wildman–Crippen MR) is 52.7 cm³/mol. The quantitative estimate of drug-likeness (QED) is 0.357. The minimum absolute atomic E-state index is 0.725. The zero-order valence-corrected chi connectivity index (χ0v) is 8.44. The maximum absolute atomic E-state index is 5.29. The summed E-state index contributed by atoms with van der Waals surface area (Å²) in [6.45, 7) is 0. The van der Waals surface area contributed by atoms with Crippen LogP contribution < -0.4 is 0 Å². The summed E-state index contributed by atoms with van der Waals surface area (Å²) in [6.07, 6.45) is 13.0. The van der Waals surface area contributed by atoms with Crippen LogP contribution in [0.15, 0.2) is 0 Å². The van der Waals surface area contributed by atoms with E-state index in [4.69, 9.17) is 6.42 Å². The molecule has 0 aromatic carbocycles. The summed E-state index contributed by atoms with van der Waals surface area (Å²) in [5, 5.41) is 0. The smallest absolute Gasteiger partial charge is 0.0148 e. The van der Waals surface area contributed by atoms with E-state index in [2.05, 4.69) is 21.9 Å². The third kappa shape index (κ3) is 3.29. The first-order chi connectivity index (χ1) is 5.33. The van der Waals surface area contributed by atoms with Crippen molar-refractivity contribution in [2.24, 2.45) is 5.92 Å². The molecule has 0 spiro atoms. The van der Waals surface area contributed by atoms with Crippen molar-refractivity contribution in [3.63, 3.8) is 0 Å². The molecule has 2 atom stereocenters. The SMILES string of the molecule is C#CCC1CCCCC(Br)C1. The van der Waals surface area contributed by atoms with Crippen molar-refractivity contribution >= 4 is 15.9 Å². The van der Waals surface area contributed by atoms with Crippen LogP contribution in [0, 0.1) is 18.3 Å². The first-order valence-corrected chi connectivity index (χ1v) is 5.32. The van der Waals surface area contributed by atoms with Gasteiger partial charge in [-0.05, 0) is 25.2 Å². The minimum Gasteiger partial charge on any atom is -0.120 e. The summed E-state index contributed by atoms with van der Waals surface area (Å²) in [5.41, 5.74) is 0. The second kappa shape index (κ2) is 4.83. The summed E-state index contributed by atoms with van der Waals surface area (Å²) < 4.78 is 0. The van der Waals surface area contributed by atoms with Gasteiger partial charge < -0.3 is 0 Å². The van der Waals surface area contributed by atoms with Gasteiger partial charge in [-0.3, -0.25) is 0 Å². The molecule has 0 heterocycles. The summed E-state index contributed by atoms with van der Waals surface area (Å²) >= 11 is 3.68. The highest BCUT2D eigenvalue weighted by Gasteiger charge is 2.16. The molecule has 1 saturated carbocycles. The molecule has 0 amide bonds. The predicted octanol–water partition coefficient (Wildman–Crippen LogP) is 3.35. The molecule has 1 rings (SSSR count). The molecular formula is C10H15Br. The van der Waals surface area contributed by atoms with E-state index in [-0.39, 0.29) is 0 Å². The van der Waals surface area contributed by atoms with Gasteiger partial charge in [0.15, 0.2) is 0 Å². The largest absolute Gasteiger partial charge is 0.120 e. The van der Waals surface area contributed by atoms with Gasteiger partial charge in [0, 0.05) is 11.2 Å². The Labute approximate surface area is 77.9 Å². The molecule has 1 heteroatoms.